The van der Waals surface area contributed by atoms with Gasteiger partial charge >= 0.3 is 5.97 Å². The van der Waals surface area contributed by atoms with Gasteiger partial charge in [-0.3, -0.25) is 4.79 Å². The summed E-state index contributed by atoms with van der Waals surface area (Å²) in [6.45, 7) is 0.449. The fraction of sp³-hybridized carbons (Fsp3) is 0.231. The van der Waals surface area contributed by atoms with E-state index in [1.807, 2.05) is 17.8 Å². The van der Waals surface area contributed by atoms with Gasteiger partial charge in [-0.05, 0) is 12.1 Å². The molecule has 2 N–H and O–H groups in total. The van der Waals surface area contributed by atoms with Crippen LogP contribution in [0.1, 0.15) is 26.7 Å². The Morgan fingerprint density at radius 2 is 2.15 bits per heavy atom. The predicted molar refractivity (Wildman–Crippen MR) is 70.4 cm³/mol. The maximum absolute atomic E-state index is 11.8. The van der Waals surface area contributed by atoms with Gasteiger partial charge < -0.3 is 15.0 Å². The zero-order chi connectivity index (χ0) is 14.5. The summed E-state index contributed by atoms with van der Waals surface area (Å²) >= 11 is 0. The number of aryl methyl sites for hydroxylation is 1. The van der Waals surface area contributed by atoms with E-state index in [-0.39, 0.29) is 11.6 Å². The molecule has 2 rings (SSSR count). The molecule has 0 saturated heterocycles. The number of aromatic nitrogens is 3. The summed E-state index contributed by atoms with van der Waals surface area (Å²) in [5.74, 6) is -0.528. The van der Waals surface area contributed by atoms with Gasteiger partial charge in [-0.1, -0.05) is 0 Å². The second-order valence-electron chi connectivity index (χ2n) is 4.20. The first-order valence-corrected chi connectivity index (χ1v) is 6.01. The van der Waals surface area contributed by atoms with Crippen molar-refractivity contribution in [3.8, 4) is 0 Å². The molecule has 0 bridgehead atoms. The summed E-state index contributed by atoms with van der Waals surface area (Å²) in [6, 6.07) is 2.74. The highest BCUT2D eigenvalue weighted by Crippen LogP contribution is 2.01. The molecule has 1 amide bonds. The summed E-state index contributed by atoms with van der Waals surface area (Å²) in [7, 11) is 1.89. The molecular weight excluding hydrogens is 260 g/mol. The molecule has 0 aromatic carbocycles. The largest absolute Gasteiger partial charge is 0.477 e. The van der Waals surface area contributed by atoms with E-state index in [1.54, 1.807) is 6.20 Å². The molecule has 0 aliphatic rings. The number of nitrogens with one attached hydrogen (secondary N) is 1. The highest BCUT2D eigenvalue weighted by Gasteiger charge is 2.09. The van der Waals surface area contributed by atoms with Crippen LogP contribution in [0.2, 0.25) is 0 Å². The maximum Gasteiger partial charge on any atom is 0.354 e. The second kappa shape index (κ2) is 5.96. The van der Waals surface area contributed by atoms with E-state index in [1.165, 1.54) is 18.3 Å². The van der Waals surface area contributed by atoms with E-state index in [2.05, 4.69) is 15.3 Å². The molecule has 0 spiro atoms. The monoisotopic (exact) mass is 274 g/mol. The van der Waals surface area contributed by atoms with E-state index in [4.69, 9.17) is 5.11 Å². The molecule has 0 aliphatic heterocycles. The van der Waals surface area contributed by atoms with Gasteiger partial charge in [-0.25, -0.2) is 14.8 Å². The number of carbonyl (C=O) groups is 2. The number of hydrogen-bond acceptors (Lipinski definition) is 4. The first-order chi connectivity index (χ1) is 9.58. The standard InChI is InChI=1S/C13H14N4O3/c1-17-7-6-14-11(17)4-5-15-12(18)9-2-3-10(13(19)20)16-8-9/h2-3,6-8H,4-5H2,1H3,(H,15,18)(H,19,20). The van der Waals surface area contributed by atoms with Crippen molar-refractivity contribution in [1.29, 1.82) is 0 Å². The molecule has 0 unspecified atom stereocenters. The quantitative estimate of drug-likeness (QED) is 0.826. The van der Waals surface area contributed by atoms with E-state index in [0.717, 1.165) is 5.82 Å². The number of carboxylic acids is 1. The van der Waals surface area contributed by atoms with Crippen molar-refractivity contribution in [2.24, 2.45) is 7.05 Å². The number of imidazole rings is 1. The third-order valence-electron chi connectivity index (χ3n) is 2.80. The zero-order valence-electron chi connectivity index (χ0n) is 10.9. The van der Waals surface area contributed by atoms with Crippen molar-refractivity contribution in [2.75, 3.05) is 6.54 Å². The maximum atomic E-state index is 11.8. The van der Waals surface area contributed by atoms with Crippen LogP contribution >= 0.6 is 0 Å². The molecule has 2 aromatic heterocycles. The Kier molecular flexibility index (Phi) is 4.09. The lowest BCUT2D eigenvalue weighted by Gasteiger charge is -2.05. The van der Waals surface area contributed by atoms with Crippen LogP contribution in [-0.2, 0) is 13.5 Å². The third-order valence-corrected chi connectivity index (χ3v) is 2.80. The summed E-state index contributed by atoms with van der Waals surface area (Å²) in [4.78, 5) is 30.3. The molecular formula is C13H14N4O3. The first-order valence-electron chi connectivity index (χ1n) is 6.01. The van der Waals surface area contributed by atoms with Crippen LogP contribution < -0.4 is 5.32 Å². The molecule has 0 aliphatic carbocycles. The van der Waals surface area contributed by atoms with Crippen molar-refractivity contribution >= 4 is 11.9 Å². The number of carbonyl (C=O) groups excluding carboxylic acids is 1. The van der Waals surface area contributed by atoms with Gasteiger partial charge in [0.1, 0.15) is 11.5 Å². The van der Waals surface area contributed by atoms with Crippen LogP contribution in [0.15, 0.2) is 30.7 Å². The number of carboxylic acid groups (broad SMARTS) is 1. The van der Waals surface area contributed by atoms with Gasteiger partial charge in [-0.2, -0.15) is 0 Å². The number of rotatable bonds is 5. The van der Waals surface area contributed by atoms with Gasteiger partial charge in [0.15, 0.2) is 0 Å². The van der Waals surface area contributed by atoms with Crippen LogP contribution in [0.5, 0.6) is 0 Å². The lowest BCUT2D eigenvalue weighted by Crippen LogP contribution is -2.26. The first kappa shape index (κ1) is 13.7. The number of aromatic carboxylic acids is 1. The summed E-state index contributed by atoms with van der Waals surface area (Å²) in [5.41, 5.74) is 0.240. The van der Waals surface area contributed by atoms with Crippen molar-refractivity contribution in [3.05, 3.63) is 47.8 Å². The van der Waals surface area contributed by atoms with Crippen molar-refractivity contribution in [2.45, 2.75) is 6.42 Å². The SMILES string of the molecule is Cn1ccnc1CCNC(=O)c1ccc(C(=O)O)nc1. The number of nitrogens with zero attached hydrogens (tertiary/aromatic N) is 3. The molecule has 0 atom stereocenters. The molecule has 0 radical (unpaired) electrons. The normalized spacial score (nSPS) is 10.2. The van der Waals surface area contributed by atoms with E-state index in [0.29, 0.717) is 18.5 Å². The molecule has 20 heavy (non-hydrogen) atoms. The van der Waals surface area contributed by atoms with E-state index < -0.39 is 5.97 Å². The van der Waals surface area contributed by atoms with Crippen LogP contribution in [-0.4, -0.2) is 38.1 Å². The van der Waals surface area contributed by atoms with Gasteiger partial charge in [0, 0.05) is 38.6 Å². The Balaban J connectivity index is 1.88. The average molecular weight is 274 g/mol. The lowest BCUT2D eigenvalue weighted by atomic mass is 10.2. The average Bonchev–Trinajstić information content (AvgIpc) is 2.84. The Bertz CT molecular complexity index is 619. The lowest BCUT2D eigenvalue weighted by molar-refractivity contribution is 0.0689. The highest BCUT2D eigenvalue weighted by atomic mass is 16.4. The minimum Gasteiger partial charge on any atom is -0.477 e. The fourth-order valence-corrected chi connectivity index (χ4v) is 1.68. The van der Waals surface area contributed by atoms with Crippen molar-refractivity contribution in [3.63, 3.8) is 0 Å². The molecule has 2 aromatic rings. The number of hydrogen-bond donors (Lipinski definition) is 2. The van der Waals surface area contributed by atoms with Gasteiger partial charge in [-0.15, -0.1) is 0 Å². The number of pyridine rings is 1. The van der Waals surface area contributed by atoms with Crippen LogP contribution in [0, 0.1) is 0 Å². The van der Waals surface area contributed by atoms with Crippen LogP contribution in [0.4, 0.5) is 0 Å². The highest BCUT2D eigenvalue weighted by molar-refractivity contribution is 5.94. The Labute approximate surface area is 115 Å². The van der Waals surface area contributed by atoms with Gasteiger partial charge in [0.05, 0.1) is 5.56 Å². The Hall–Kier alpha value is -2.70. The second-order valence-corrected chi connectivity index (χ2v) is 4.20. The molecule has 7 nitrogen and oxygen atoms in total. The van der Waals surface area contributed by atoms with E-state index in [9.17, 15) is 9.59 Å². The minimum absolute atomic E-state index is 0.0884. The molecule has 104 valence electrons. The fourth-order valence-electron chi connectivity index (χ4n) is 1.68. The molecule has 0 fully saturated rings. The topological polar surface area (TPSA) is 97.1 Å². The summed E-state index contributed by atoms with van der Waals surface area (Å²) < 4.78 is 1.88. The van der Waals surface area contributed by atoms with Crippen LogP contribution in [0.3, 0.4) is 0 Å². The van der Waals surface area contributed by atoms with Crippen molar-refractivity contribution in [1.82, 2.24) is 19.9 Å². The molecule has 0 saturated carbocycles. The van der Waals surface area contributed by atoms with E-state index >= 15 is 0 Å². The predicted octanol–water partition coefficient (Wildman–Crippen LogP) is 0.486. The van der Waals surface area contributed by atoms with Gasteiger partial charge in [0.2, 0.25) is 0 Å². The molecule has 7 heteroatoms. The van der Waals surface area contributed by atoms with Crippen molar-refractivity contribution < 1.29 is 14.7 Å². The zero-order valence-corrected chi connectivity index (χ0v) is 10.9. The Morgan fingerprint density at radius 1 is 1.35 bits per heavy atom. The number of amides is 1. The summed E-state index contributed by atoms with van der Waals surface area (Å²) in [6.07, 6.45) is 5.41. The van der Waals surface area contributed by atoms with Gasteiger partial charge in [0.25, 0.3) is 5.91 Å². The smallest absolute Gasteiger partial charge is 0.354 e. The third kappa shape index (κ3) is 3.19. The molecule has 2 heterocycles. The minimum atomic E-state index is -1.12. The van der Waals surface area contributed by atoms with Crippen LogP contribution in [0.25, 0.3) is 0 Å². The summed E-state index contributed by atoms with van der Waals surface area (Å²) in [5, 5.41) is 11.4. The Morgan fingerprint density at radius 3 is 2.70 bits per heavy atom.